The SMILES string of the molecule is CC1=CCCC(=NNC(N)=O)C12CCCC2. The van der Waals surface area contributed by atoms with Gasteiger partial charge in [-0.15, -0.1) is 0 Å². The van der Waals surface area contributed by atoms with E-state index in [0.29, 0.717) is 0 Å². The number of amides is 2. The fourth-order valence-corrected chi connectivity index (χ4v) is 3.03. The Morgan fingerprint density at radius 2 is 2.19 bits per heavy atom. The number of nitrogens with zero attached hydrogens (tertiary/aromatic N) is 1. The van der Waals surface area contributed by atoms with E-state index < -0.39 is 6.03 Å². The minimum atomic E-state index is -0.576. The number of carbonyl (C=O) groups is 1. The highest BCUT2D eigenvalue weighted by molar-refractivity contribution is 5.94. The molecule has 4 heteroatoms. The van der Waals surface area contributed by atoms with Gasteiger partial charge in [-0.3, -0.25) is 0 Å². The number of nitrogens with two attached hydrogens (primary N) is 1. The van der Waals surface area contributed by atoms with Crippen LogP contribution in [-0.4, -0.2) is 11.7 Å². The van der Waals surface area contributed by atoms with Crippen molar-refractivity contribution in [2.75, 3.05) is 0 Å². The summed E-state index contributed by atoms with van der Waals surface area (Å²) in [5, 5.41) is 4.22. The molecule has 0 saturated heterocycles. The number of rotatable bonds is 1. The van der Waals surface area contributed by atoms with Crippen LogP contribution in [0.5, 0.6) is 0 Å². The molecule has 2 rings (SSSR count). The standard InChI is InChI=1S/C12H19N3O/c1-9-5-4-6-10(14-15-11(13)16)12(9)7-2-3-8-12/h5H,2-4,6-8H2,1H3,(H3,13,15,16). The zero-order valence-electron chi connectivity index (χ0n) is 9.75. The van der Waals surface area contributed by atoms with Crippen LogP contribution < -0.4 is 11.2 Å². The molecule has 2 aliphatic carbocycles. The molecule has 1 spiro atoms. The predicted octanol–water partition coefficient (Wildman–Crippen LogP) is 2.31. The summed E-state index contributed by atoms with van der Waals surface area (Å²) in [6.07, 6.45) is 9.10. The van der Waals surface area contributed by atoms with Crippen LogP contribution in [0.3, 0.4) is 0 Å². The van der Waals surface area contributed by atoms with Crippen molar-refractivity contribution in [3.05, 3.63) is 11.6 Å². The van der Waals surface area contributed by atoms with E-state index in [0.717, 1.165) is 31.4 Å². The Balaban J connectivity index is 2.27. The quantitative estimate of drug-likeness (QED) is 0.518. The van der Waals surface area contributed by atoms with Crippen molar-refractivity contribution in [2.24, 2.45) is 16.3 Å². The molecule has 2 amide bonds. The first-order valence-electron chi connectivity index (χ1n) is 5.95. The maximum atomic E-state index is 10.7. The molecule has 16 heavy (non-hydrogen) atoms. The summed E-state index contributed by atoms with van der Waals surface area (Å²) in [5.74, 6) is 0. The fraction of sp³-hybridized carbons (Fsp3) is 0.667. The van der Waals surface area contributed by atoms with E-state index in [1.165, 1.54) is 18.4 Å². The maximum Gasteiger partial charge on any atom is 0.332 e. The molecule has 0 bridgehead atoms. The first-order chi connectivity index (χ1) is 7.65. The van der Waals surface area contributed by atoms with Gasteiger partial charge in [-0.25, -0.2) is 10.2 Å². The highest BCUT2D eigenvalue weighted by Gasteiger charge is 2.41. The van der Waals surface area contributed by atoms with Gasteiger partial charge in [0.05, 0.1) is 0 Å². The van der Waals surface area contributed by atoms with Gasteiger partial charge in [-0.05, 0) is 32.6 Å². The van der Waals surface area contributed by atoms with Crippen molar-refractivity contribution in [3.8, 4) is 0 Å². The topological polar surface area (TPSA) is 67.5 Å². The van der Waals surface area contributed by atoms with Crippen molar-refractivity contribution < 1.29 is 4.79 Å². The Labute approximate surface area is 96.0 Å². The molecular weight excluding hydrogens is 202 g/mol. The average molecular weight is 221 g/mol. The van der Waals surface area contributed by atoms with Gasteiger partial charge in [-0.1, -0.05) is 24.5 Å². The van der Waals surface area contributed by atoms with Crippen LogP contribution in [0.1, 0.15) is 45.4 Å². The van der Waals surface area contributed by atoms with E-state index in [4.69, 9.17) is 5.73 Å². The summed E-state index contributed by atoms with van der Waals surface area (Å²) >= 11 is 0. The lowest BCUT2D eigenvalue weighted by atomic mass is 9.70. The van der Waals surface area contributed by atoms with Crippen LogP contribution in [-0.2, 0) is 0 Å². The second-order valence-electron chi connectivity index (χ2n) is 4.75. The van der Waals surface area contributed by atoms with Crippen LogP contribution >= 0.6 is 0 Å². The van der Waals surface area contributed by atoms with E-state index in [-0.39, 0.29) is 5.41 Å². The largest absolute Gasteiger partial charge is 0.350 e. The first kappa shape index (κ1) is 11.2. The molecule has 0 radical (unpaired) electrons. The molecule has 4 nitrogen and oxygen atoms in total. The van der Waals surface area contributed by atoms with Gasteiger partial charge in [0, 0.05) is 11.1 Å². The molecule has 0 heterocycles. The molecule has 88 valence electrons. The Morgan fingerprint density at radius 3 is 2.81 bits per heavy atom. The van der Waals surface area contributed by atoms with E-state index in [9.17, 15) is 4.79 Å². The van der Waals surface area contributed by atoms with E-state index in [1.807, 2.05) is 0 Å². The van der Waals surface area contributed by atoms with Crippen molar-refractivity contribution in [2.45, 2.75) is 45.4 Å². The van der Waals surface area contributed by atoms with Gasteiger partial charge >= 0.3 is 6.03 Å². The Morgan fingerprint density at radius 1 is 1.50 bits per heavy atom. The number of carbonyl (C=O) groups excluding carboxylic acids is 1. The van der Waals surface area contributed by atoms with Crippen molar-refractivity contribution >= 4 is 11.7 Å². The number of urea groups is 1. The molecule has 0 aromatic carbocycles. The average Bonchev–Trinajstić information content (AvgIpc) is 2.71. The molecule has 0 aliphatic heterocycles. The maximum absolute atomic E-state index is 10.7. The van der Waals surface area contributed by atoms with E-state index in [2.05, 4.69) is 23.5 Å². The number of nitrogens with one attached hydrogen (secondary N) is 1. The summed E-state index contributed by atoms with van der Waals surface area (Å²) in [7, 11) is 0. The smallest absolute Gasteiger partial charge is 0.332 e. The molecule has 0 atom stereocenters. The van der Waals surface area contributed by atoms with Crippen LogP contribution in [0.4, 0.5) is 4.79 Å². The van der Waals surface area contributed by atoms with Crippen LogP contribution in [0.25, 0.3) is 0 Å². The lowest BCUT2D eigenvalue weighted by molar-refractivity contribution is 0.249. The molecule has 0 aromatic heterocycles. The first-order valence-corrected chi connectivity index (χ1v) is 5.95. The molecule has 1 fully saturated rings. The lowest BCUT2D eigenvalue weighted by Gasteiger charge is -2.35. The Hall–Kier alpha value is -1.32. The second kappa shape index (κ2) is 4.28. The predicted molar refractivity (Wildman–Crippen MR) is 64.0 cm³/mol. The molecular formula is C12H19N3O. The van der Waals surface area contributed by atoms with Crippen molar-refractivity contribution in [1.29, 1.82) is 0 Å². The summed E-state index contributed by atoms with van der Waals surface area (Å²) in [4.78, 5) is 10.7. The molecule has 0 unspecified atom stereocenters. The van der Waals surface area contributed by atoms with Crippen LogP contribution in [0.2, 0.25) is 0 Å². The Kier molecular flexibility index (Phi) is 2.99. The Bertz CT molecular complexity index is 351. The number of primary amides is 1. The number of hydrogen-bond donors (Lipinski definition) is 2. The van der Waals surface area contributed by atoms with Gasteiger partial charge in [0.1, 0.15) is 0 Å². The normalized spacial score (nSPS) is 25.8. The highest BCUT2D eigenvalue weighted by Crippen LogP contribution is 2.48. The van der Waals surface area contributed by atoms with Crippen molar-refractivity contribution in [3.63, 3.8) is 0 Å². The summed E-state index contributed by atoms with van der Waals surface area (Å²) in [6, 6.07) is -0.576. The minimum absolute atomic E-state index is 0.126. The van der Waals surface area contributed by atoms with Gasteiger partial charge in [0.25, 0.3) is 0 Å². The van der Waals surface area contributed by atoms with E-state index >= 15 is 0 Å². The third kappa shape index (κ3) is 1.84. The lowest BCUT2D eigenvalue weighted by Crippen LogP contribution is -2.35. The molecule has 2 aliphatic rings. The van der Waals surface area contributed by atoms with Gasteiger partial charge < -0.3 is 5.73 Å². The molecule has 0 aromatic rings. The van der Waals surface area contributed by atoms with Gasteiger partial charge in [0.15, 0.2) is 0 Å². The fourth-order valence-electron chi connectivity index (χ4n) is 3.03. The number of hydrogen-bond acceptors (Lipinski definition) is 2. The summed E-state index contributed by atoms with van der Waals surface area (Å²) < 4.78 is 0. The highest BCUT2D eigenvalue weighted by atomic mass is 16.2. The van der Waals surface area contributed by atoms with Crippen LogP contribution in [0.15, 0.2) is 16.8 Å². The molecule has 1 saturated carbocycles. The second-order valence-corrected chi connectivity index (χ2v) is 4.75. The van der Waals surface area contributed by atoms with Gasteiger partial charge in [-0.2, -0.15) is 5.10 Å². The minimum Gasteiger partial charge on any atom is -0.350 e. The third-order valence-corrected chi connectivity index (χ3v) is 3.90. The zero-order chi connectivity index (χ0) is 11.6. The third-order valence-electron chi connectivity index (χ3n) is 3.90. The van der Waals surface area contributed by atoms with Crippen LogP contribution in [0, 0.1) is 5.41 Å². The summed E-state index contributed by atoms with van der Waals surface area (Å²) in [5.41, 5.74) is 10.1. The van der Waals surface area contributed by atoms with Gasteiger partial charge in [0.2, 0.25) is 0 Å². The summed E-state index contributed by atoms with van der Waals surface area (Å²) in [6.45, 7) is 2.18. The number of allylic oxidation sites excluding steroid dienone is 2. The monoisotopic (exact) mass is 221 g/mol. The molecule has 3 N–H and O–H groups in total. The zero-order valence-corrected chi connectivity index (χ0v) is 9.75. The number of hydrazone groups is 1. The van der Waals surface area contributed by atoms with Crippen molar-refractivity contribution in [1.82, 2.24) is 5.43 Å². The van der Waals surface area contributed by atoms with E-state index in [1.54, 1.807) is 0 Å².